The molecule has 1 rings (SSSR count). The molecule has 0 spiro atoms. The van der Waals surface area contributed by atoms with Crippen molar-refractivity contribution in [3.8, 4) is 0 Å². The molecule has 0 amide bonds. The van der Waals surface area contributed by atoms with Crippen molar-refractivity contribution in [3.05, 3.63) is 34.6 Å². The summed E-state index contributed by atoms with van der Waals surface area (Å²) in [7, 11) is 0. The normalized spacial score (nSPS) is 13.4. The van der Waals surface area contributed by atoms with Gasteiger partial charge in [-0.15, -0.1) is 0 Å². The lowest BCUT2D eigenvalue weighted by atomic mass is 9.84. The zero-order valence-corrected chi connectivity index (χ0v) is 12.6. The third-order valence-corrected chi connectivity index (χ3v) is 3.02. The Morgan fingerprint density at radius 2 is 2.05 bits per heavy atom. The molecule has 0 saturated carbocycles. The van der Waals surface area contributed by atoms with Gasteiger partial charge in [-0.2, -0.15) is 0 Å². The number of halogens is 2. The quantitative estimate of drug-likeness (QED) is 0.816. The van der Waals surface area contributed by atoms with Crippen LogP contribution in [0.25, 0.3) is 0 Å². The molecule has 0 aliphatic rings. The summed E-state index contributed by atoms with van der Waals surface area (Å²) in [5, 5.41) is 0.424. The molecule has 1 atom stereocenters. The SMILES string of the molecule is CCOC(C(=O)Cc1cc(Cl)ccc1F)C(C)(C)C. The fourth-order valence-electron chi connectivity index (χ4n) is 1.95. The standard InChI is InChI=1S/C15H20ClFO2/c1-5-19-14(15(2,3)4)13(18)9-10-8-11(16)6-7-12(10)17/h6-8,14H,5,9H2,1-4H3. The molecule has 4 heteroatoms. The van der Waals surface area contributed by atoms with Gasteiger partial charge in [0.2, 0.25) is 0 Å². The second-order valence-electron chi connectivity index (χ2n) is 5.58. The first kappa shape index (κ1) is 16.1. The van der Waals surface area contributed by atoms with Gasteiger partial charge in [-0.25, -0.2) is 4.39 Å². The van der Waals surface area contributed by atoms with E-state index in [9.17, 15) is 9.18 Å². The van der Waals surface area contributed by atoms with Crippen molar-refractivity contribution in [3.63, 3.8) is 0 Å². The van der Waals surface area contributed by atoms with Crippen LogP contribution in [0.1, 0.15) is 33.3 Å². The minimum absolute atomic E-state index is 0.00563. The molecule has 1 aromatic carbocycles. The van der Waals surface area contributed by atoms with E-state index in [1.807, 2.05) is 27.7 Å². The first-order valence-electron chi connectivity index (χ1n) is 6.34. The predicted octanol–water partition coefficient (Wildman–Crippen LogP) is 4.04. The Morgan fingerprint density at radius 1 is 1.42 bits per heavy atom. The molecule has 106 valence electrons. The maximum atomic E-state index is 13.6. The van der Waals surface area contributed by atoms with Gasteiger partial charge in [0.15, 0.2) is 5.78 Å². The molecule has 0 N–H and O–H groups in total. The molecule has 19 heavy (non-hydrogen) atoms. The Hall–Kier alpha value is -0.930. The minimum atomic E-state index is -0.545. The van der Waals surface area contributed by atoms with Gasteiger partial charge >= 0.3 is 0 Å². The van der Waals surface area contributed by atoms with Crippen LogP contribution in [-0.4, -0.2) is 18.5 Å². The van der Waals surface area contributed by atoms with Crippen molar-refractivity contribution < 1.29 is 13.9 Å². The summed E-state index contributed by atoms with van der Waals surface area (Å²) in [6.45, 7) is 8.08. The van der Waals surface area contributed by atoms with E-state index in [1.54, 1.807) is 0 Å². The Morgan fingerprint density at radius 3 is 2.58 bits per heavy atom. The van der Waals surface area contributed by atoms with Crippen molar-refractivity contribution >= 4 is 17.4 Å². The number of benzene rings is 1. The lowest BCUT2D eigenvalue weighted by Gasteiger charge is -2.29. The van der Waals surface area contributed by atoms with E-state index in [4.69, 9.17) is 16.3 Å². The van der Waals surface area contributed by atoms with Crippen molar-refractivity contribution in [1.82, 2.24) is 0 Å². The highest BCUT2D eigenvalue weighted by Gasteiger charge is 2.31. The number of ketones is 1. The molecule has 1 aromatic rings. The van der Waals surface area contributed by atoms with Gasteiger partial charge in [0.1, 0.15) is 11.9 Å². The van der Waals surface area contributed by atoms with Crippen LogP contribution in [0.4, 0.5) is 4.39 Å². The molecule has 2 nitrogen and oxygen atoms in total. The van der Waals surface area contributed by atoms with E-state index in [-0.39, 0.29) is 17.6 Å². The maximum absolute atomic E-state index is 13.6. The molecule has 0 heterocycles. The monoisotopic (exact) mass is 286 g/mol. The second kappa shape index (κ2) is 6.49. The van der Waals surface area contributed by atoms with Crippen LogP contribution >= 0.6 is 11.6 Å². The minimum Gasteiger partial charge on any atom is -0.370 e. The van der Waals surface area contributed by atoms with Crippen molar-refractivity contribution in [2.24, 2.45) is 5.41 Å². The summed E-state index contributed by atoms with van der Waals surface area (Å²) in [5.41, 5.74) is -0.00579. The maximum Gasteiger partial charge on any atom is 0.166 e. The summed E-state index contributed by atoms with van der Waals surface area (Å²) in [6.07, 6.45) is -0.551. The fourth-order valence-corrected chi connectivity index (χ4v) is 2.15. The number of carbonyl (C=O) groups is 1. The molecule has 0 aliphatic heterocycles. The summed E-state index contributed by atoms with van der Waals surface area (Å²) in [5.74, 6) is -0.544. The highest BCUT2D eigenvalue weighted by molar-refractivity contribution is 6.30. The predicted molar refractivity (Wildman–Crippen MR) is 75.0 cm³/mol. The molecule has 0 saturated heterocycles. The van der Waals surface area contributed by atoms with Gasteiger partial charge < -0.3 is 4.74 Å². The van der Waals surface area contributed by atoms with Crippen LogP contribution in [0, 0.1) is 11.2 Å². The summed E-state index contributed by atoms with van der Waals surface area (Å²) < 4.78 is 19.1. The fraction of sp³-hybridized carbons (Fsp3) is 0.533. The van der Waals surface area contributed by atoms with E-state index in [2.05, 4.69) is 0 Å². The summed E-state index contributed by atoms with van der Waals surface area (Å²) in [6, 6.07) is 4.23. The van der Waals surface area contributed by atoms with Crippen LogP contribution < -0.4 is 0 Å². The molecule has 0 radical (unpaired) electrons. The van der Waals surface area contributed by atoms with E-state index in [0.717, 1.165) is 0 Å². The molecule has 0 aromatic heterocycles. The molecular formula is C15H20ClFO2. The third-order valence-electron chi connectivity index (χ3n) is 2.78. The number of Topliss-reactive ketones (excluding diaryl/α,β-unsaturated/α-hetero) is 1. The lowest BCUT2D eigenvalue weighted by Crippen LogP contribution is -2.38. The Kier molecular flexibility index (Phi) is 5.50. The zero-order chi connectivity index (χ0) is 14.6. The summed E-state index contributed by atoms with van der Waals surface area (Å²) in [4.78, 5) is 12.3. The average molecular weight is 287 g/mol. The van der Waals surface area contributed by atoms with Crippen LogP contribution in [0.2, 0.25) is 5.02 Å². The van der Waals surface area contributed by atoms with E-state index in [1.165, 1.54) is 18.2 Å². The van der Waals surface area contributed by atoms with Gasteiger partial charge in [-0.05, 0) is 36.1 Å². The number of ether oxygens (including phenoxy) is 1. The Balaban J connectivity index is 2.90. The van der Waals surface area contributed by atoms with Gasteiger partial charge in [0.05, 0.1) is 0 Å². The van der Waals surface area contributed by atoms with Crippen molar-refractivity contribution in [2.45, 2.75) is 40.2 Å². The van der Waals surface area contributed by atoms with Gasteiger partial charge in [-0.1, -0.05) is 32.4 Å². The molecule has 1 unspecified atom stereocenters. The lowest BCUT2D eigenvalue weighted by molar-refractivity contribution is -0.136. The third kappa shape index (κ3) is 4.59. The van der Waals surface area contributed by atoms with Crippen molar-refractivity contribution in [1.29, 1.82) is 0 Å². The van der Waals surface area contributed by atoms with Gasteiger partial charge in [0.25, 0.3) is 0 Å². The topological polar surface area (TPSA) is 26.3 Å². The van der Waals surface area contributed by atoms with Crippen LogP contribution in [-0.2, 0) is 16.0 Å². The Bertz CT molecular complexity index is 452. The van der Waals surface area contributed by atoms with E-state index >= 15 is 0 Å². The number of hydrogen-bond acceptors (Lipinski definition) is 2. The van der Waals surface area contributed by atoms with E-state index in [0.29, 0.717) is 17.2 Å². The number of carbonyl (C=O) groups excluding carboxylic acids is 1. The summed E-state index contributed by atoms with van der Waals surface area (Å²) >= 11 is 5.82. The molecule has 0 fully saturated rings. The van der Waals surface area contributed by atoms with Crippen LogP contribution in [0.3, 0.4) is 0 Å². The molecule has 0 aliphatic carbocycles. The molecule has 0 bridgehead atoms. The van der Waals surface area contributed by atoms with Gasteiger partial charge in [-0.3, -0.25) is 4.79 Å². The zero-order valence-electron chi connectivity index (χ0n) is 11.8. The highest BCUT2D eigenvalue weighted by atomic mass is 35.5. The second-order valence-corrected chi connectivity index (χ2v) is 6.02. The first-order chi connectivity index (χ1) is 8.75. The number of hydrogen-bond donors (Lipinski definition) is 0. The van der Waals surface area contributed by atoms with Gasteiger partial charge in [0, 0.05) is 18.1 Å². The smallest absolute Gasteiger partial charge is 0.166 e. The first-order valence-corrected chi connectivity index (χ1v) is 6.71. The van der Waals surface area contributed by atoms with Crippen LogP contribution in [0.5, 0.6) is 0 Å². The van der Waals surface area contributed by atoms with Crippen molar-refractivity contribution in [2.75, 3.05) is 6.61 Å². The van der Waals surface area contributed by atoms with Crippen LogP contribution in [0.15, 0.2) is 18.2 Å². The highest BCUT2D eigenvalue weighted by Crippen LogP contribution is 2.25. The van der Waals surface area contributed by atoms with E-state index < -0.39 is 11.9 Å². The largest absolute Gasteiger partial charge is 0.370 e. The Labute approximate surface area is 118 Å². The number of rotatable bonds is 5. The molecular weight excluding hydrogens is 267 g/mol. The average Bonchev–Trinajstić information content (AvgIpc) is 2.29.